The lowest BCUT2D eigenvalue weighted by molar-refractivity contribution is 0.102. The van der Waals surface area contributed by atoms with Gasteiger partial charge in [0.1, 0.15) is 11.5 Å². The van der Waals surface area contributed by atoms with E-state index >= 15 is 0 Å². The second-order valence-electron chi connectivity index (χ2n) is 3.91. The van der Waals surface area contributed by atoms with Crippen LogP contribution in [0.15, 0.2) is 38.8 Å². The maximum atomic E-state index is 12.0. The van der Waals surface area contributed by atoms with E-state index in [4.69, 9.17) is 4.42 Å². The van der Waals surface area contributed by atoms with E-state index in [1.807, 2.05) is 35.9 Å². The summed E-state index contributed by atoms with van der Waals surface area (Å²) < 4.78 is 5.49. The molecule has 4 nitrogen and oxygen atoms in total. The summed E-state index contributed by atoms with van der Waals surface area (Å²) in [5.74, 6) is 1.32. The Balaban J connectivity index is 1.79. The maximum absolute atomic E-state index is 12.0. The van der Waals surface area contributed by atoms with Gasteiger partial charge in [-0.15, -0.1) is 11.3 Å². The van der Waals surface area contributed by atoms with E-state index in [0.29, 0.717) is 16.5 Å². The van der Waals surface area contributed by atoms with Gasteiger partial charge < -0.3 is 9.73 Å². The first-order valence-corrected chi connectivity index (χ1v) is 7.40. The number of thiophene rings is 1. The fraction of sp³-hybridized carbons (Fsp3) is 0.0769. The summed E-state index contributed by atoms with van der Waals surface area (Å²) in [6, 6.07) is 5.59. The quantitative estimate of drug-likeness (QED) is 0.792. The molecule has 0 aliphatic carbocycles. The lowest BCUT2D eigenvalue weighted by Crippen LogP contribution is -2.11. The Morgan fingerprint density at radius 2 is 2.21 bits per heavy atom. The summed E-state index contributed by atoms with van der Waals surface area (Å²) in [4.78, 5) is 16.3. The molecule has 0 atom stereocenters. The van der Waals surface area contributed by atoms with Gasteiger partial charge in [0.15, 0.2) is 10.8 Å². The highest BCUT2D eigenvalue weighted by Crippen LogP contribution is 2.26. The molecule has 96 valence electrons. The summed E-state index contributed by atoms with van der Waals surface area (Å²) in [6.07, 6.45) is 0. The molecule has 0 aliphatic heterocycles. The number of anilines is 1. The van der Waals surface area contributed by atoms with Crippen molar-refractivity contribution in [3.63, 3.8) is 0 Å². The van der Waals surface area contributed by atoms with Crippen LogP contribution in [0.2, 0.25) is 0 Å². The van der Waals surface area contributed by atoms with Crippen molar-refractivity contribution in [2.24, 2.45) is 0 Å². The van der Waals surface area contributed by atoms with Crippen molar-refractivity contribution < 1.29 is 9.21 Å². The van der Waals surface area contributed by atoms with E-state index in [1.54, 1.807) is 5.38 Å². The van der Waals surface area contributed by atoms with Crippen LogP contribution in [0.4, 0.5) is 5.69 Å². The van der Waals surface area contributed by atoms with Gasteiger partial charge in [0, 0.05) is 10.8 Å². The molecule has 0 aromatic carbocycles. The molecule has 1 N–H and O–H groups in total. The fourth-order valence-electron chi connectivity index (χ4n) is 1.57. The van der Waals surface area contributed by atoms with E-state index in [-0.39, 0.29) is 5.91 Å². The Morgan fingerprint density at radius 1 is 1.32 bits per heavy atom. The van der Waals surface area contributed by atoms with Crippen molar-refractivity contribution in [3.8, 4) is 10.8 Å². The molecule has 0 saturated carbocycles. The number of furan rings is 1. The van der Waals surface area contributed by atoms with Gasteiger partial charge in [-0.05, 0) is 30.5 Å². The molecule has 3 heterocycles. The van der Waals surface area contributed by atoms with Gasteiger partial charge in [0.2, 0.25) is 0 Å². The molecule has 1 amide bonds. The molecule has 0 spiro atoms. The predicted octanol–water partition coefficient (Wildman–Crippen LogP) is 4.03. The molecule has 3 rings (SSSR count). The van der Waals surface area contributed by atoms with Crippen LogP contribution in [-0.2, 0) is 0 Å². The number of hydrogen-bond acceptors (Lipinski definition) is 5. The Hall–Kier alpha value is -1.92. The van der Waals surface area contributed by atoms with E-state index in [9.17, 15) is 4.79 Å². The molecule has 0 unspecified atom stereocenters. The number of nitrogens with one attached hydrogen (secondary N) is 1. The Kier molecular flexibility index (Phi) is 3.18. The third kappa shape index (κ3) is 2.59. The van der Waals surface area contributed by atoms with Crippen LogP contribution in [0.3, 0.4) is 0 Å². The first-order chi connectivity index (χ1) is 9.22. The normalized spacial score (nSPS) is 10.6. The minimum Gasteiger partial charge on any atom is -0.459 e. The van der Waals surface area contributed by atoms with Crippen molar-refractivity contribution in [2.75, 3.05) is 5.32 Å². The van der Waals surface area contributed by atoms with Crippen LogP contribution < -0.4 is 5.32 Å². The number of hydrogen-bond donors (Lipinski definition) is 1. The first-order valence-electron chi connectivity index (χ1n) is 5.58. The maximum Gasteiger partial charge on any atom is 0.275 e. The Bertz CT molecular complexity index is 698. The molecule has 3 aromatic heterocycles. The Labute approximate surface area is 117 Å². The number of carbonyl (C=O) groups excluding carboxylic acids is 1. The monoisotopic (exact) mass is 290 g/mol. The SMILES string of the molecule is Cc1ccc(-c2nc(C(=O)Nc3ccsc3)cs2)o1. The number of amides is 1. The van der Waals surface area contributed by atoms with Crippen molar-refractivity contribution in [3.05, 3.63) is 45.8 Å². The summed E-state index contributed by atoms with van der Waals surface area (Å²) in [5, 5.41) is 9.02. The molecular formula is C13H10N2O2S2. The third-order valence-electron chi connectivity index (χ3n) is 2.47. The molecular weight excluding hydrogens is 280 g/mol. The summed E-state index contributed by atoms with van der Waals surface area (Å²) in [6.45, 7) is 1.88. The molecule has 19 heavy (non-hydrogen) atoms. The van der Waals surface area contributed by atoms with Gasteiger partial charge in [0.25, 0.3) is 5.91 Å². The summed E-state index contributed by atoms with van der Waals surface area (Å²) in [5.41, 5.74) is 1.19. The second-order valence-corrected chi connectivity index (χ2v) is 5.55. The highest BCUT2D eigenvalue weighted by Gasteiger charge is 2.14. The summed E-state index contributed by atoms with van der Waals surface area (Å²) in [7, 11) is 0. The van der Waals surface area contributed by atoms with Gasteiger partial charge in [-0.25, -0.2) is 4.98 Å². The highest BCUT2D eigenvalue weighted by atomic mass is 32.1. The fourth-order valence-corrected chi connectivity index (χ4v) is 2.92. The van der Waals surface area contributed by atoms with Gasteiger partial charge in [-0.3, -0.25) is 4.79 Å². The van der Waals surface area contributed by atoms with Crippen LogP contribution >= 0.6 is 22.7 Å². The van der Waals surface area contributed by atoms with Crippen LogP contribution in [-0.4, -0.2) is 10.9 Å². The molecule has 3 aromatic rings. The third-order valence-corrected chi connectivity index (χ3v) is 4.01. The standard InChI is InChI=1S/C13H10N2O2S2/c1-8-2-3-11(17-8)13-15-10(7-19-13)12(16)14-9-4-5-18-6-9/h2-7H,1H3,(H,14,16). The molecule has 6 heteroatoms. The van der Waals surface area contributed by atoms with Gasteiger partial charge in [-0.2, -0.15) is 11.3 Å². The van der Waals surface area contributed by atoms with E-state index in [0.717, 1.165) is 11.4 Å². The lowest BCUT2D eigenvalue weighted by atomic mass is 10.4. The second kappa shape index (κ2) is 4.99. The van der Waals surface area contributed by atoms with E-state index < -0.39 is 0 Å². The lowest BCUT2D eigenvalue weighted by Gasteiger charge is -1.98. The number of thiazole rings is 1. The number of rotatable bonds is 3. The molecule has 0 bridgehead atoms. The predicted molar refractivity (Wildman–Crippen MR) is 76.8 cm³/mol. The molecule has 0 aliphatic rings. The van der Waals surface area contributed by atoms with E-state index in [2.05, 4.69) is 10.3 Å². The minimum absolute atomic E-state index is 0.204. The molecule has 0 saturated heterocycles. The topological polar surface area (TPSA) is 55.1 Å². The van der Waals surface area contributed by atoms with Gasteiger partial charge in [0.05, 0.1) is 5.69 Å². The summed E-state index contributed by atoms with van der Waals surface area (Å²) >= 11 is 2.93. The minimum atomic E-state index is -0.204. The molecule has 0 radical (unpaired) electrons. The zero-order chi connectivity index (χ0) is 13.2. The van der Waals surface area contributed by atoms with Crippen molar-refractivity contribution in [1.29, 1.82) is 0 Å². The number of carbonyl (C=O) groups is 1. The average Bonchev–Trinajstić information content (AvgIpc) is 3.07. The highest BCUT2D eigenvalue weighted by molar-refractivity contribution is 7.13. The average molecular weight is 290 g/mol. The largest absolute Gasteiger partial charge is 0.459 e. The molecule has 0 fully saturated rings. The van der Waals surface area contributed by atoms with Crippen molar-refractivity contribution in [1.82, 2.24) is 4.98 Å². The van der Waals surface area contributed by atoms with Crippen LogP contribution in [0, 0.1) is 6.92 Å². The zero-order valence-electron chi connectivity index (χ0n) is 10.0. The Morgan fingerprint density at radius 3 is 2.89 bits per heavy atom. The number of aromatic nitrogens is 1. The van der Waals surface area contributed by atoms with Crippen molar-refractivity contribution >= 4 is 34.3 Å². The van der Waals surface area contributed by atoms with Gasteiger partial charge in [-0.1, -0.05) is 0 Å². The first kappa shape index (κ1) is 12.1. The van der Waals surface area contributed by atoms with Crippen molar-refractivity contribution in [2.45, 2.75) is 6.92 Å². The van der Waals surface area contributed by atoms with Crippen LogP contribution in [0.1, 0.15) is 16.2 Å². The number of aryl methyl sites for hydroxylation is 1. The van der Waals surface area contributed by atoms with Crippen LogP contribution in [0.25, 0.3) is 10.8 Å². The smallest absolute Gasteiger partial charge is 0.275 e. The van der Waals surface area contributed by atoms with Gasteiger partial charge >= 0.3 is 0 Å². The van der Waals surface area contributed by atoms with E-state index in [1.165, 1.54) is 22.7 Å². The number of nitrogens with zero attached hydrogens (tertiary/aromatic N) is 1. The van der Waals surface area contributed by atoms with Crippen LogP contribution in [0.5, 0.6) is 0 Å². The zero-order valence-corrected chi connectivity index (χ0v) is 11.7.